The molecule has 1 heterocycles. The van der Waals surface area contributed by atoms with Gasteiger partial charge in [-0.25, -0.2) is 9.59 Å². The number of non-ortho nitro benzene ring substituents is 1. The van der Waals surface area contributed by atoms with Crippen LogP contribution >= 0.6 is 11.6 Å². The number of allylic oxidation sites excluding steroid dienone is 1. The SMILES string of the molecule is C=CCOC12Oc3ccc(OC(=O)NCCCCCCCCCCCC)cc3C3C(CCCCO)C(CCCCO)C=C(C(=NOCc4ccc([N+](=O)[O-])cc4)CC1N(CCC)C(=O)OCCCl)C32. The van der Waals surface area contributed by atoms with E-state index in [0.29, 0.717) is 55.1 Å². The molecule has 3 aliphatic rings. The van der Waals surface area contributed by atoms with Gasteiger partial charge in [-0.15, -0.1) is 18.2 Å². The Morgan fingerprint density at radius 1 is 0.957 bits per heavy atom. The first-order valence-electron chi connectivity index (χ1n) is 25.5. The van der Waals surface area contributed by atoms with Crippen molar-refractivity contribution in [1.82, 2.24) is 10.2 Å². The van der Waals surface area contributed by atoms with Gasteiger partial charge < -0.3 is 39.3 Å². The number of nitrogens with one attached hydrogen (secondary N) is 1. The molecule has 5 rings (SSSR count). The molecule has 0 bridgehead atoms. The van der Waals surface area contributed by atoms with Gasteiger partial charge in [-0.1, -0.05) is 102 Å². The zero-order valence-electron chi connectivity index (χ0n) is 41.0. The Kier molecular flexibility index (Phi) is 23.6. The molecule has 6 atom stereocenters. The first-order chi connectivity index (χ1) is 33.7. The number of carbonyl (C=O) groups is 2. The average Bonchev–Trinajstić information content (AvgIpc) is 3.35. The predicted octanol–water partition coefficient (Wildman–Crippen LogP) is 11.5. The third kappa shape index (κ3) is 15.4. The minimum atomic E-state index is -1.51. The number of hydrogen-bond donors (Lipinski definition) is 3. The molecule has 69 heavy (non-hydrogen) atoms. The highest BCUT2D eigenvalue weighted by molar-refractivity contribution is 6.18. The Morgan fingerprint density at radius 2 is 1.65 bits per heavy atom. The number of oxime groups is 1. The fourth-order valence-corrected chi connectivity index (χ4v) is 10.5. The van der Waals surface area contributed by atoms with Gasteiger partial charge in [0, 0.05) is 56.3 Å². The van der Waals surface area contributed by atoms with E-state index in [1.165, 1.54) is 57.1 Å². The number of rotatable bonds is 32. The Balaban J connectivity index is 1.56. The van der Waals surface area contributed by atoms with Crippen molar-refractivity contribution in [2.45, 2.75) is 154 Å². The van der Waals surface area contributed by atoms with E-state index in [1.54, 1.807) is 29.2 Å². The van der Waals surface area contributed by atoms with Crippen LogP contribution in [0.5, 0.6) is 11.5 Å². The third-order valence-corrected chi connectivity index (χ3v) is 13.7. The number of ether oxygens (including phenoxy) is 4. The number of alkyl halides is 1. The van der Waals surface area contributed by atoms with E-state index < -0.39 is 34.9 Å². The Hall–Kier alpha value is -4.70. The largest absolute Gasteiger partial charge is 0.459 e. The summed E-state index contributed by atoms with van der Waals surface area (Å²) in [4.78, 5) is 46.2. The molecule has 15 nitrogen and oxygen atoms in total. The number of carbonyl (C=O) groups excluding carboxylic acids is 2. The van der Waals surface area contributed by atoms with Crippen LogP contribution in [0.4, 0.5) is 15.3 Å². The lowest BCUT2D eigenvalue weighted by Gasteiger charge is -2.59. The number of halogens is 1. The molecule has 2 aromatic carbocycles. The summed E-state index contributed by atoms with van der Waals surface area (Å²) in [6, 6.07) is 10.7. The summed E-state index contributed by atoms with van der Waals surface area (Å²) < 4.78 is 26.0. The molecule has 1 aliphatic heterocycles. The van der Waals surface area contributed by atoms with Crippen molar-refractivity contribution in [3.05, 3.63) is 88.0 Å². The predicted molar refractivity (Wildman–Crippen MR) is 268 cm³/mol. The summed E-state index contributed by atoms with van der Waals surface area (Å²) in [5, 5.41) is 39.0. The van der Waals surface area contributed by atoms with Crippen molar-refractivity contribution in [3.63, 3.8) is 0 Å². The van der Waals surface area contributed by atoms with Gasteiger partial charge in [-0.2, -0.15) is 0 Å². The van der Waals surface area contributed by atoms with Gasteiger partial charge in [-0.3, -0.25) is 15.0 Å². The molecule has 1 fully saturated rings. The van der Waals surface area contributed by atoms with Gasteiger partial charge in [-0.05, 0) is 91.8 Å². The molecular formula is C53H77ClN4O11. The van der Waals surface area contributed by atoms with Crippen LogP contribution in [0.3, 0.4) is 0 Å². The van der Waals surface area contributed by atoms with E-state index in [4.69, 9.17) is 40.5 Å². The maximum absolute atomic E-state index is 14.2. The number of nitro benzene ring substituents is 1. The minimum Gasteiger partial charge on any atom is -0.459 e. The normalized spacial score (nSPS) is 21.8. The highest BCUT2D eigenvalue weighted by Crippen LogP contribution is 2.62. The first kappa shape index (κ1) is 55.2. The zero-order valence-corrected chi connectivity index (χ0v) is 41.7. The fourth-order valence-electron chi connectivity index (χ4n) is 10.4. The highest BCUT2D eigenvalue weighted by atomic mass is 35.5. The van der Waals surface area contributed by atoms with Crippen LogP contribution in [-0.4, -0.2) is 95.2 Å². The van der Waals surface area contributed by atoms with Gasteiger partial charge in [0.25, 0.3) is 5.69 Å². The van der Waals surface area contributed by atoms with Gasteiger partial charge in [0.2, 0.25) is 5.79 Å². The zero-order chi connectivity index (χ0) is 49.4. The first-order valence-corrected chi connectivity index (χ1v) is 26.1. The minimum absolute atomic E-state index is 0.00785. The van der Waals surface area contributed by atoms with Crippen molar-refractivity contribution in [2.75, 3.05) is 45.4 Å². The summed E-state index contributed by atoms with van der Waals surface area (Å²) in [5.74, 6) is -1.56. The number of amides is 2. The monoisotopic (exact) mass is 981 g/mol. The average molecular weight is 982 g/mol. The second kappa shape index (κ2) is 29.5. The topological polar surface area (TPSA) is 192 Å². The molecule has 3 N–H and O–H groups in total. The van der Waals surface area contributed by atoms with Crippen molar-refractivity contribution in [2.24, 2.45) is 22.9 Å². The molecule has 2 aromatic rings. The third-order valence-electron chi connectivity index (χ3n) is 13.6. The molecular weight excluding hydrogens is 904 g/mol. The van der Waals surface area contributed by atoms with Crippen molar-refractivity contribution >= 4 is 35.2 Å². The smallest absolute Gasteiger partial charge is 0.412 e. The van der Waals surface area contributed by atoms with Gasteiger partial charge in [0.05, 0.1) is 29.0 Å². The maximum atomic E-state index is 14.2. The summed E-state index contributed by atoms with van der Waals surface area (Å²) in [5.41, 5.74) is 2.85. The highest BCUT2D eigenvalue weighted by Gasteiger charge is 2.65. The van der Waals surface area contributed by atoms with E-state index in [0.717, 1.165) is 56.1 Å². The number of aliphatic hydroxyl groups is 2. The molecule has 6 unspecified atom stereocenters. The molecule has 0 radical (unpaired) electrons. The lowest BCUT2D eigenvalue weighted by molar-refractivity contribution is -0.384. The van der Waals surface area contributed by atoms with Crippen LogP contribution in [0.1, 0.15) is 146 Å². The van der Waals surface area contributed by atoms with Crippen molar-refractivity contribution in [3.8, 4) is 11.5 Å². The Bertz CT molecular complexity index is 1980. The summed E-state index contributed by atoms with van der Waals surface area (Å²) in [7, 11) is 0. The van der Waals surface area contributed by atoms with Crippen LogP contribution in [-0.2, 0) is 20.9 Å². The van der Waals surface area contributed by atoms with E-state index in [2.05, 4.69) is 24.9 Å². The number of aliphatic hydroxyl groups excluding tert-OH is 2. The second-order valence-electron chi connectivity index (χ2n) is 18.5. The summed E-state index contributed by atoms with van der Waals surface area (Å²) in [6.07, 6.45) is 19.6. The number of benzene rings is 2. The molecule has 0 saturated heterocycles. The van der Waals surface area contributed by atoms with Crippen molar-refractivity contribution in [1.29, 1.82) is 0 Å². The molecule has 2 aliphatic carbocycles. The summed E-state index contributed by atoms with van der Waals surface area (Å²) >= 11 is 6.04. The van der Waals surface area contributed by atoms with Crippen LogP contribution in [0.25, 0.3) is 0 Å². The van der Waals surface area contributed by atoms with E-state index in [1.807, 2.05) is 19.1 Å². The maximum Gasteiger partial charge on any atom is 0.412 e. The van der Waals surface area contributed by atoms with Crippen molar-refractivity contribution < 1.29 is 48.5 Å². The number of unbranched alkanes of at least 4 members (excludes halogenated alkanes) is 11. The van der Waals surface area contributed by atoms with E-state index in [-0.39, 0.29) is 68.8 Å². The molecule has 16 heteroatoms. The van der Waals surface area contributed by atoms with Crippen LogP contribution < -0.4 is 14.8 Å². The molecule has 382 valence electrons. The number of hydrogen-bond acceptors (Lipinski definition) is 12. The Labute approximate surface area is 414 Å². The quantitative estimate of drug-likeness (QED) is 0.0208. The standard InChI is InChI=1S/C53H77ClN4O11/c1-4-7-8-9-10-11-12-13-14-17-29-55-51(61)68-42-26-27-47-45(36-42)49-43(21-16-19-32-60)40(20-15-18-31-59)35-44-46(56-67-38-39-22-24-41(25-23-39)58(63)64)37-48(53(69-47,50(44)49)66-33-6-3)57(30-5-2)52(62)65-34-28-54/h6,22-27,35-36,40,43,48-50,59-60H,3-5,7-21,28-34,37-38H2,1-2H3,(H,55,61). The molecule has 2 amide bonds. The van der Waals surface area contributed by atoms with E-state index in [9.17, 15) is 29.9 Å². The van der Waals surface area contributed by atoms with Crippen LogP contribution in [0.15, 0.2) is 71.9 Å². The second-order valence-corrected chi connectivity index (χ2v) is 18.8. The molecule has 0 spiro atoms. The van der Waals surface area contributed by atoms with Gasteiger partial charge in [0.1, 0.15) is 30.8 Å². The number of nitro groups is 1. The van der Waals surface area contributed by atoms with Gasteiger partial charge >= 0.3 is 12.2 Å². The van der Waals surface area contributed by atoms with E-state index >= 15 is 0 Å². The summed E-state index contributed by atoms with van der Waals surface area (Å²) in [6.45, 7) is 9.18. The number of fused-ring (bicyclic) bond motifs is 2. The Morgan fingerprint density at radius 3 is 2.30 bits per heavy atom. The lowest BCUT2D eigenvalue weighted by Crippen LogP contribution is -2.70. The van der Waals surface area contributed by atoms with Crippen LogP contribution in [0.2, 0.25) is 0 Å². The lowest BCUT2D eigenvalue weighted by atomic mass is 9.55. The molecule has 1 saturated carbocycles. The molecule has 0 aromatic heterocycles. The van der Waals surface area contributed by atoms with Crippen LogP contribution in [0, 0.1) is 27.9 Å². The van der Waals surface area contributed by atoms with Gasteiger partial charge in [0.15, 0.2) is 0 Å². The fraction of sp³-hybridized carbons (Fsp3) is 0.642. The number of nitrogens with zero attached hydrogens (tertiary/aromatic N) is 3.